The van der Waals surface area contributed by atoms with Gasteiger partial charge < -0.3 is 14.6 Å². The third-order valence-corrected chi connectivity index (χ3v) is 4.22. The topological polar surface area (TPSA) is 73.1 Å². The molecule has 0 bridgehead atoms. The summed E-state index contributed by atoms with van der Waals surface area (Å²) >= 11 is 0. The van der Waals surface area contributed by atoms with Gasteiger partial charge in [0.15, 0.2) is 5.58 Å². The molecule has 3 aromatic rings. The summed E-state index contributed by atoms with van der Waals surface area (Å²) in [6.07, 6.45) is 3.82. The van der Waals surface area contributed by atoms with Crippen molar-refractivity contribution in [3.63, 3.8) is 0 Å². The predicted molar refractivity (Wildman–Crippen MR) is 86.1 cm³/mol. The molecule has 0 aliphatic carbocycles. The highest BCUT2D eigenvalue weighted by Gasteiger charge is 2.19. The zero-order valence-corrected chi connectivity index (χ0v) is 12.7. The van der Waals surface area contributed by atoms with Crippen LogP contribution in [0.15, 0.2) is 41.1 Å². The van der Waals surface area contributed by atoms with Gasteiger partial charge in [-0.3, -0.25) is 0 Å². The highest BCUT2D eigenvalue weighted by atomic mass is 16.5. The number of rotatable bonds is 4. The minimum Gasteiger partial charge on any atom is -0.476 e. The third-order valence-electron chi connectivity index (χ3n) is 4.22. The Labute approximate surface area is 133 Å². The summed E-state index contributed by atoms with van der Waals surface area (Å²) in [7, 11) is 0. The van der Waals surface area contributed by atoms with E-state index in [0.717, 1.165) is 42.6 Å². The molecule has 2 aromatic heterocycles. The van der Waals surface area contributed by atoms with Crippen LogP contribution in [0.2, 0.25) is 0 Å². The van der Waals surface area contributed by atoms with Gasteiger partial charge in [0.05, 0.1) is 12.8 Å². The van der Waals surface area contributed by atoms with Gasteiger partial charge in [0.25, 0.3) is 0 Å². The van der Waals surface area contributed by atoms with E-state index >= 15 is 0 Å². The van der Waals surface area contributed by atoms with Crippen LogP contribution >= 0.6 is 0 Å². The molecule has 6 nitrogen and oxygen atoms in total. The van der Waals surface area contributed by atoms with Crippen molar-refractivity contribution in [3.8, 4) is 17.1 Å². The Hall–Kier alpha value is -2.47. The summed E-state index contributed by atoms with van der Waals surface area (Å²) in [4.78, 5) is 0. The first-order chi connectivity index (χ1) is 11.4. The molecule has 3 heterocycles. The highest BCUT2D eigenvalue weighted by molar-refractivity contribution is 5.94. The van der Waals surface area contributed by atoms with Gasteiger partial charge in [-0.2, -0.15) is 5.10 Å². The Balaban J connectivity index is 1.65. The van der Waals surface area contributed by atoms with Gasteiger partial charge in [0.2, 0.25) is 5.88 Å². The van der Waals surface area contributed by atoms with E-state index in [1.807, 2.05) is 30.3 Å². The van der Waals surface area contributed by atoms with Gasteiger partial charge in [-0.1, -0.05) is 35.5 Å². The molecule has 1 aliphatic heterocycles. The van der Waals surface area contributed by atoms with Gasteiger partial charge in [-0.15, -0.1) is 5.10 Å². The lowest BCUT2D eigenvalue weighted by Gasteiger charge is -2.22. The van der Waals surface area contributed by atoms with Crippen molar-refractivity contribution in [2.75, 3.05) is 19.7 Å². The molecule has 23 heavy (non-hydrogen) atoms. The SMILES string of the molecule is c1ccc(-c2noc3cnnc(OCC4CCNCC4)c23)cc1. The largest absolute Gasteiger partial charge is 0.476 e. The van der Waals surface area contributed by atoms with Crippen LogP contribution in [0.3, 0.4) is 0 Å². The number of ether oxygens (including phenoxy) is 1. The minimum absolute atomic E-state index is 0.501. The molecule has 0 spiro atoms. The number of nitrogens with one attached hydrogen (secondary N) is 1. The van der Waals surface area contributed by atoms with E-state index in [-0.39, 0.29) is 0 Å². The summed E-state index contributed by atoms with van der Waals surface area (Å²) in [5, 5.41) is 16.5. The Morgan fingerprint density at radius 2 is 2.00 bits per heavy atom. The van der Waals surface area contributed by atoms with E-state index in [4.69, 9.17) is 9.26 Å². The van der Waals surface area contributed by atoms with E-state index in [2.05, 4.69) is 20.7 Å². The van der Waals surface area contributed by atoms with E-state index < -0.39 is 0 Å². The quantitative estimate of drug-likeness (QED) is 0.798. The van der Waals surface area contributed by atoms with Gasteiger partial charge in [0.1, 0.15) is 11.1 Å². The van der Waals surface area contributed by atoms with Crippen molar-refractivity contribution < 1.29 is 9.26 Å². The molecule has 118 valence electrons. The first-order valence-electron chi connectivity index (χ1n) is 7.92. The van der Waals surface area contributed by atoms with E-state index in [0.29, 0.717) is 24.0 Å². The Morgan fingerprint density at radius 3 is 2.83 bits per heavy atom. The number of piperidine rings is 1. The molecule has 4 rings (SSSR count). The number of fused-ring (bicyclic) bond motifs is 1. The van der Waals surface area contributed by atoms with Crippen molar-refractivity contribution in [3.05, 3.63) is 36.5 Å². The monoisotopic (exact) mass is 310 g/mol. The van der Waals surface area contributed by atoms with Gasteiger partial charge >= 0.3 is 0 Å². The number of nitrogens with zero attached hydrogens (tertiary/aromatic N) is 3. The number of aromatic nitrogens is 3. The van der Waals surface area contributed by atoms with E-state index in [9.17, 15) is 0 Å². The van der Waals surface area contributed by atoms with Crippen molar-refractivity contribution >= 4 is 11.0 Å². The molecular weight excluding hydrogens is 292 g/mol. The molecule has 0 saturated carbocycles. The summed E-state index contributed by atoms with van der Waals surface area (Å²) in [6.45, 7) is 2.74. The van der Waals surface area contributed by atoms with E-state index in [1.54, 1.807) is 6.20 Å². The predicted octanol–water partition coefficient (Wildman–Crippen LogP) is 2.66. The molecule has 0 radical (unpaired) electrons. The Bertz CT molecular complexity index is 782. The van der Waals surface area contributed by atoms with Crippen LogP contribution in [0, 0.1) is 5.92 Å². The highest BCUT2D eigenvalue weighted by Crippen LogP contribution is 2.33. The zero-order chi connectivity index (χ0) is 15.5. The normalized spacial score (nSPS) is 15.8. The fraction of sp³-hybridized carbons (Fsp3) is 0.353. The smallest absolute Gasteiger partial charge is 0.247 e. The van der Waals surface area contributed by atoms with Crippen LogP contribution in [-0.2, 0) is 0 Å². The van der Waals surface area contributed by atoms with Gasteiger partial charge in [0, 0.05) is 5.56 Å². The fourth-order valence-electron chi connectivity index (χ4n) is 2.92. The van der Waals surface area contributed by atoms with Crippen molar-refractivity contribution in [2.45, 2.75) is 12.8 Å². The molecule has 0 amide bonds. The molecule has 1 saturated heterocycles. The van der Waals surface area contributed by atoms with Gasteiger partial charge in [-0.25, -0.2) is 0 Å². The minimum atomic E-state index is 0.501. The number of hydrogen-bond acceptors (Lipinski definition) is 6. The maximum absolute atomic E-state index is 5.98. The summed E-state index contributed by atoms with van der Waals surface area (Å²) in [6, 6.07) is 9.91. The Kier molecular flexibility index (Phi) is 3.90. The maximum atomic E-state index is 5.98. The second-order valence-corrected chi connectivity index (χ2v) is 5.79. The lowest BCUT2D eigenvalue weighted by molar-refractivity contribution is 0.209. The molecule has 1 aliphatic rings. The van der Waals surface area contributed by atoms with Crippen LogP contribution in [0.1, 0.15) is 12.8 Å². The summed E-state index contributed by atoms with van der Waals surface area (Å²) in [5.41, 5.74) is 2.32. The Morgan fingerprint density at radius 1 is 1.17 bits per heavy atom. The van der Waals surface area contributed by atoms with Crippen molar-refractivity contribution in [1.82, 2.24) is 20.7 Å². The fourth-order valence-corrected chi connectivity index (χ4v) is 2.92. The second kappa shape index (κ2) is 6.34. The maximum Gasteiger partial charge on any atom is 0.247 e. The first-order valence-corrected chi connectivity index (χ1v) is 7.92. The molecule has 1 fully saturated rings. The number of benzene rings is 1. The summed E-state index contributed by atoms with van der Waals surface area (Å²) < 4.78 is 11.4. The van der Waals surface area contributed by atoms with Crippen LogP contribution in [0.4, 0.5) is 0 Å². The molecule has 0 unspecified atom stereocenters. The lowest BCUT2D eigenvalue weighted by atomic mass is 9.99. The molecule has 1 N–H and O–H groups in total. The second-order valence-electron chi connectivity index (χ2n) is 5.79. The number of hydrogen-bond donors (Lipinski definition) is 1. The molecular formula is C17H18N4O2. The standard InChI is InChI=1S/C17H18N4O2/c1-2-4-13(5-3-1)16-15-14(23-21-16)10-19-20-17(15)22-11-12-6-8-18-9-7-12/h1-5,10,12,18H,6-9,11H2. The summed E-state index contributed by atoms with van der Waals surface area (Å²) in [5.74, 6) is 1.05. The van der Waals surface area contributed by atoms with Crippen LogP contribution < -0.4 is 10.1 Å². The molecule has 0 atom stereocenters. The zero-order valence-electron chi connectivity index (χ0n) is 12.7. The van der Waals surface area contributed by atoms with Crippen LogP contribution in [0.25, 0.3) is 22.2 Å². The van der Waals surface area contributed by atoms with Crippen molar-refractivity contribution in [1.29, 1.82) is 0 Å². The van der Waals surface area contributed by atoms with Crippen LogP contribution in [0.5, 0.6) is 5.88 Å². The average molecular weight is 310 g/mol. The van der Waals surface area contributed by atoms with Crippen LogP contribution in [-0.4, -0.2) is 35.1 Å². The molecule has 6 heteroatoms. The molecule has 1 aromatic carbocycles. The lowest BCUT2D eigenvalue weighted by Crippen LogP contribution is -2.30. The van der Waals surface area contributed by atoms with Crippen molar-refractivity contribution in [2.24, 2.45) is 5.92 Å². The first kappa shape index (κ1) is 14.1. The third kappa shape index (κ3) is 2.90. The average Bonchev–Trinajstić information content (AvgIpc) is 3.06. The van der Waals surface area contributed by atoms with E-state index in [1.165, 1.54) is 0 Å². The van der Waals surface area contributed by atoms with Gasteiger partial charge in [-0.05, 0) is 31.8 Å².